The second-order valence-corrected chi connectivity index (χ2v) is 2.52. The number of carbonyl (C=O) groups excluding carboxylic acids is 1. The molecule has 0 aromatic heterocycles. The van der Waals surface area contributed by atoms with Crippen molar-refractivity contribution in [3.05, 3.63) is 12.4 Å². The first-order valence-corrected chi connectivity index (χ1v) is 3.61. The molecule has 1 aliphatic heterocycles. The molecule has 0 spiro atoms. The van der Waals surface area contributed by atoms with Gasteiger partial charge in [-0.3, -0.25) is 4.55 Å². The van der Waals surface area contributed by atoms with Gasteiger partial charge in [0.2, 0.25) is 0 Å². The fourth-order valence-corrected chi connectivity index (χ4v) is 0.826. The van der Waals surface area contributed by atoms with Crippen LogP contribution in [0, 0.1) is 0 Å². The average Bonchev–Trinajstić information content (AvgIpc) is 2.33. The number of carbonyl (C=O) groups is 1. The number of rotatable bonds is 1. The van der Waals surface area contributed by atoms with E-state index in [1.54, 1.807) is 0 Å². The SMILES string of the molecule is NC(=O)N1C=CN(S(=O)O)N1. The van der Waals surface area contributed by atoms with Gasteiger partial charge < -0.3 is 5.73 Å². The van der Waals surface area contributed by atoms with Crippen LogP contribution in [0.1, 0.15) is 0 Å². The van der Waals surface area contributed by atoms with Crippen LogP contribution in [-0.4, -0.2) is 24.2 Å². The molecule has 62 valence electrons. The van der Waals surface area contributed by atoms with E-state index in [1.807, 2.05) is 0 Å². The number of nitrogens with one attached hydrogen (secondary N) is 1. The molecule has 7 nitrogen and oxygen atoms in total. The molecule has 0 aromatic rings. The lowest BCUT2D eigenvalue weighted by atomic mass is 10.8. The Labute approximate surface area is 64.8 Å². The van der Waals surface area contributed by atoms with E-state index in [0.717, 1.165) is 9.42 Å². The maximum absolute atomic E-state index is 10.4. The molecule has 0 aliphatic carbocycles. The quantitative estimate of drug-likeness (QED) is 0.435. The van der Waals surface area contributed by atoms with Crippen LogP contribution < -0.4 is 11.3 Å². The molecule has 0 saturated carbocycles. The lowest BCUT2D eigenvalue weighted by molar-refractivity contribution is 0.187. The van der Waals surface area contributed by atoms with Gasteiger partial charge in [-0.2, -0.15) is 4.41 Å². The van der Waals surface area contributed by atoms with Gasteiger partial charge in [0, 0.05) is 6.20 Å². The Hall–Kier alpha value is -1.12. The van der Waals surface area contributed by atoms with E-state index in [4.69, 9.17) is 10.3 Å². The summed E-state index contributed by atoms with van der Waals surface area (Å²) in [4.78, 5) is 10.4. The minimum absolute atomic E-state index is 0.755. The molecule has 0 aromatic carbocycles. The van der Waals surface area contributed by atoms with E-state index in [9.17, 15) is 9.00 Å². The summed E-state index contributed by atoms with van der Waals surface area (Å²) in [5, 5.41) is 0.869. The highest BCUT2D eigenvalue weighted by Crippen LogP contribution is 2.00. The number of hydrazine groups is 2. The van der Waals surface area contributed by atoms with Gasteiger partial charge in [0.25, 0.3) is 11.3 Å². The molecule has 0 fully saturated rings. The van der Waals surface area contributed by atoms with Crippen LogP contribution in [0.25, 0.3) is 0 Å². The average molecular weight is 178 g/mol. The first kappa shape index (κ1) is 7.98. The molecule has 8 heteroatoms. The van der Waals surface area contributed by atoms with Crippen molar-refractivity contribution in [1.82, 2.24) is 15.0 Å². The zero-order valence-corrected chi connectivity index (χ0v) is 6.11. The molecule has 1 aliphatic rings. The number of nitrogens with two attached hydrogens (primary N) is 1. The van der Waals surface area contributed by atoms with Crippen LogP contribution in [0.15, 0.2) is 12.4 Å². The van der Waals surface area contributed by atoms with E-state index in [-0.39, 0.29) is 0 Å². The minimum Gasteiger partial charge on any atom is -0.350 e. The van der Waals surface area contributed by atoms with Gasteiger partial charge in [0.05, 0.1) is 6.20 Å². The molecular formula is C3H6N4O3S. The summed E-state index contributed by atoms with van der Waals surface area (Å²) >= 11 is -2.19. The van der Waals surface area contributed by atoms with Crippen LogP contribution in [0.3, 0.4) is 0 Å². The highest BCUT2D eigenvalue weighted by molar-refractivity contribution is 7.76. The second kappa shape index (κ2) is 2.86. The number of nitrogens with zero attached hydrogens (tertiary/aromatic N) is 2. The maximum atomic E-state index is 10.4. The normalized spacial score (nSPS) is 19.0. The van der Waals surface area contributed by atoms with Crippen LogP contribution in [0.4, 0.5) is 4.79 Å². The summed E-state index contributed by atoms with van der Waals surface area (Å²) in [6.07, 6.45) is 2.44. The van der Waals surface area contributed by atoms with E-state index in [2.05, 4.69) is 5.53 Å². The molecule has 2 amide bonds. The smallest absolute Gasteiger partial charge is 0.334 e. The lowest BCUT2D eigenvalue weighted by Crippen LogP contribution is -2.45. The van der Waals surface area contributed by atoms with Crippen molar-refractivity contribution in [2.45, 2.75) is 0 Å². The first-order valence-electron chi connectivity index (χ1n) is 2.55. The van der Waals surface area contributed by atoms with Crippen molar-refractivity contribution in [2.24, 2.45) is 5.73 Å². The van der Waals surface area contributed by atoms with E-state index >= 15 is 0 Å². The van der Waals surface area contributed by atoms with Crippen LogP contribution in [0.2, 0.25) is 0 Å². The Bertz CT molecular complexity index is 207. The molecule has 11 heavy (non-hydrogen) atoms. The van der Waals surface area contributed by atoms with Crippen LogP contribution in [-0.2, 0) is 11.3 Å². The molecule has 0 saturated heterocycles. The molecule has 1 rings (SSSR count). The largest absolute Gasteiger partial charge is 0.350 e. The number of urea groups is 1. The zero-order valence-electron chi connectivity index (χ0n) is 5.30. The minimum atomic E-state index is -2.19. The standard InChI is InChI=1S/C3H6N4O3S/c4-3(8)6-1-2-7(5-6)11(9)10/h1-2,5H,(H2,4,8)(H,9,10). The number of primary amides is 1. The van der Waals surface area contributed by atoms with Gasteiger partial charge in [0.15, 0.2) is 0 Å². The van der Waals surface area contributed by atoms with Gasteiger partial charge >= 0.3 is 6.03 Å². The third-order valence-electron chi connectivity index (χ3n) is 0.963. The number of hydrogen-bond donors (Lipinski definition) is 3. The number of amides is 2. The van der Waals surface area contributed by atoms with Crippen LogP contribution in [0.5, 0.6) is 0 Å². The predicted molar refractivity (Wildman–Crippen MR) is 36.3 cm³/mol. The van der Waals surface area contributed by atoms with Gasteiger partial charge in [0.1, 0.15) is 0 Å². The summed E-state index contributed by atoms with van der Waals surface area (Å²) in [5.74, 6) is 0. The van der Waals surface area contributed by atoms with Gasteiger partial charge in [-0.15, -0.1) is 5.53 Å². The molecular weight excluding hydrogens is 172 g/mol. The third-order valence-corrected chi connectivity index (χ3v) is 1.50. The monoisotopic (exact) mass is 178 g/mol. The molecule has 1 heterocycles. The van der Waals surface area contributed by atoms with Gasteiger partial charge in [-0.05, 0) is 0 Å². The molecule has 1 unspecified atom stereocenters. The molecule has 1 atom stereocenters. The lowest BCUT2D eigenvalue weighted by Gasteiger charge is -2.14. The van der Waals surface area contributed by atoms with Crippen molar-refractivity contribution >= 4 is 17.3 Å². The fraction of sp³-hybridized carbons (Fsp3) is 0. The molecule has 0 radical (unpaired) electrons. The van der Waals surface area contributed by atoms with Gasteiger partial charge in [-0.1, -0.05) is 0 Å². The van der Waals surface area contributed by atoms with Crippen molar-refractivity contribution < 1.29 is 13.6 Å². The van der Waals surface area contributed by atoms with Crippen LogP contribution >= 0.6 is 0 Å². The first-order chi connectivity index (χ1) is 5.11. The third kappa shape index (κ3) is 1.67. The number of hydrogen-bond acceptors (Lipinski definition) is 3. The Morgan fingerprint density at radius 2 is 2.27 bits per heavy atom. The zero-order chi connectivity index (χ0) is 8.43. The summed E-state index contributed by atoms with van der Waals surface area (Å²) in [6, 6.07) is -0.755. The van der Waals surface area contributed by atoms with Crippen molar-refractivity contribution in [2.75, 3.05) is 0 Å². The summed E-state index contributed by atoms with van der Waals surface area (Å²) < 4.78 is 19.6. The highest BCUT2D eigenvalue weighted by Gasteiger charge is 2.18. The summed E-state index contributed by atoms with van der Waals surface area (Å²) in [7, 11) is 0. The second-order valence-electron chi connectivity index (χ2n) is 1.66. The Balaban J connectivity index is 2.56. The van der Waals surface area contributed by atoms with E-state index in [1.165, 1.54) is 12.4 Å². The summed E-state index contributed by atoms with van der Waals surface area (Å²) in [5.41, 5.74) is 7.05. The Morgan fingerprint density at radius 1 is 1.64 bits per heavy atom. The van der Waals surface area contributed by atoms with E-state index < -0.39 is 17.3 Å². The molecule has 0 bridgehead atoms. The predicted octanol–water partition coefficient (Wildman–Crippen LogP) is -1.29. The van der Waals surface area contributed by atoms with Gasteiger partial charge in [-0.25, -0.2) is 14.0 Å². The van der Waals surface area contributed by atoms with Crippen molar-refractivity contribution in [1.29, 1.82) is 0 Å². The highest BCUT2D eigenvalue weighted by atomic mass is 32.2. The topological polar surface area (TPSA) is 98.9 Å². The fourth-order valence-electron chi connectivity index (χ4n) is 0.510. The maximum Gasteiger partial charge on any atom is 0.334 e. The van der Waals surface area contributed by atoms with Crippen molar-refractivity contribution in [3.8, 4) is 0 Å². The summed E-state index contributed by atoms with van der Waals surface area (Å²) in [6.45, 7) is 0. The van der Waals surface area contributed by atoms with E-state index in [0.29, 0.717) is 0 Å². The Morgan fingerprint density at radius 3 is 2.55 bits per heavy atom. The van der Waals surface area contributed by atoms with Crippen molar-refractivity contribution in [3.63, 3.8) is 0 Å². The molecule has 4 N–H and O–H groups in total. The Kier molecular flexibility index (Phi) is 2.08.